The van der Waals surface area contributed by atoms with Crippen LogP contribution in [0.25, 0.3) is 10.6 Å². The summed E-state index contributed by atoms with van der Waals surface area (Å²) < 4.78 is 0. The molecule has 1 aromatic carbocycles. The lowest BCUT2D eigenvalue weighted by Gasteiger charge is -2.35. The first-order chi connectivity index (χ1) is 14.5. The summed E-state index contributed by atoms with van der Waals surface area (Å²) in [5, 5.41) is 12.8. The molecule has 1 aromatic heterocycles. The van der Waals surface area contributed by atoms with Crippen molar-refractivity contribution in [1.29, 1.82) is 0 Å². The van der Waals surface area contributed by atoms with Gasteiger partial charge in [0.1, 0.15) is 16.1 Å². The lowest BCUT2D eigenvalue weighted by atomic mass is 10.0. The molecule has 30 heavy (non-hydrogen) atoms. The Morgan fingerprint density at radius 1 is 1.20 bits per heavy atom. The predicted octanol–water partition coefficient (Wildman–Crippen LogP) is 2.46. The normalized spacial score (nSPS) is 19.2. The highest BCUT2D eigenvalue weighted by molar-refractivity contribution is 7.14. The zero-order valence-electron chi connectivity index (χ0n) is 17.0. The molecule has 2 aromatic rings. The highest BCUT2D eigenvalue weighted by Gasteiger charge is 2.34. The lowest BCUT2D eigenvalue weighted by molar-refractivity contribution is -0.143. The van der Waals surface area contributed by atoms with Gasteiger partial charge in [-0.05, 0) is 44.7 Å². The summed E-state index contributed by atoms with van der Waals surface area (Å²) in [5.41, 5.74) is 1.56. The van der Waals surface area contributed by atoms with Crippen LogP contribution in [0.15, 0.2) is 24.3 Å². The number of aryl methyl sites for hydroxylation is 1. The summed E-state index contributed by atoms with van der Waals surface area (Å²) in [6, 6.07) is 6.98. The van der Waals surface area contributed by atoms with Gasteiger partial charge in [0.2, 0.25) is 17.7 Å². The van der Waals surface area contributed by atoms with Gasteiger partial charge in [0.25, 0.3) is 0 Å². The minimum Gasteiger partial charge on any atom is -0.333 e. The van der Waals surface area contributed by atoms with E-state index in [0.717, 1.165) is 34.8 Å². The monoisotopic (exact) mass is 427 g/mol. The fourth-order valence-corrected chi connectivity index (χ4v) is 4.68. The number of piperidine rings is 1. The third-order valence-electron chi connectivity index (χ3n) is 5.53. The first-order valence-electron chi connectivity index (χ1n) is 10.3. The van der Waals surface area contributed by atoms with Crippen molar-refractivity contribution >= 4 is 34.7 Å². The average Bonchev–Trinajstić information content (AvgIpc) is 3.36. The van der Waals surface area contributed by atoms with Crippen LogP contribution >= 0.6 is 11.3 Å². The van der Waals surface area contributed by atoms with E-state index in [0.29, 0.717) is 31.6 Å². The summed E-state index contributed by atoms with van der Waals surface area (Å²) in [6.45, 7) is 3.13. The molecule has 1 N–H and O–H groups in total. The summed E-state index contributed by atoms with van der Waals surface area (Å²) in [7, 11) is 0. The van der Waals surface area contributed by atoms with E-state index >= 15 is 0 Å². The SMILES string of the molecule is Cc1nnc(-c2cccc(NC(=O)[C@@H]3CCCCN3C(=O)CN3CCCC3=O)c2)s1. The quantitative estimate of drug-likeness (QED) is 0.791. The van der Waals surface area contributed by atoms with Gasteiger partial charge in [0.05, 0.1) is 6.54 Å². The third-order valence-corrected chi connectivity index (χ3v) is 6.41. The van der Waals surface area contributed by atoms with Crippen LogP contribution in [0.2, 0.25) is 0 Å². The Hall–Kier alpha value is -2.81. The Bertz CT molecular complexity index is 960. The molecular formula is C21H25N5O3S. The number of carbonyl (C=O) groups excluding carboxylic acids is 3. The van der Waals surface area contributed by atoms with Crippen molar-refractivity contribution in [3.8, 4) is 10.6 Å². The van der Waals surface area contributed by atoms with Crippen LogP contribution in [0.4, 0.5) is 5.69 Å². The summed E-state index contributed by atoms with van der Waals surface area (Å²) in [6.07, 6.45) is 3.69. The number of carbonyl (C=O) groups is 3. The smallest absolute Gasteiger partial charge is 0.247 e. The van der Waals surface area contributed by atoms with E-state index in [9.17, 15) is 14.4 Å². The fraction of sp³-hybridized carbons (Fsp3) is 0.476. The Morgan fingerprint density at radius 3 is 2.80 bits per heavy atom. The topological polar surface area (TPSA) is 95.5 Å². The number of hydrogen-bond acceptors (Lipinski definition) is 6. The van der Waals surface area contributed by atoms with Gasteiger partial charge in [-0.3, -0.25) is 14.4 Å². The Labute approximate surface area is 179 Å². The van der Waals surface area contributed by atoms with Crippen molar-refractivity contribution in [2.24, 2.45) is 0 Å². The highest BCUT2D eigenvalue weighted by Crippen LogP contribution is 2.26. The maximum Gasteiger partial charge on any atom is 0.247 e. The first kappa shape index (κ1) is 20.5. The maximum atomic E-state index is 13.0. The number of nitrogens with zero attached hydrogens (tertiary/aromatic N) is 4. The van der Waals surface area contributed by atoms with Gasteiger partial charge in [-0.25, -0.2) is 0 Å². The second kappa shape index (κ2) is 8.91. The Kier molecular flexibility index (Phi) is 6.08. The minimum absolute atomic E-state index is 0.0186. The van der Waals surface area contributed by atoms with E-state index in [1.54, 1.807) is 9.80 Å². The number of likely N-dealkylation sites (tertiary alicyclic amines) is 2. The van der Waals surface area contributed by atoms with Crippen LogP contribution in [-0.4, -0.2) is 63.4 Å². The zero-order chi connectivity index (χ0) is 21.1. The van der Waals surface area contributed by atoms with Gasteiger partial charge in [-0.1, -0.05) is 23.5 Å². The molecular weight excluding hydrogens is 402 g/mol. The van der Waals surface area contributed by atoms with Gasteiger partial charge in [0, 0.05) is 30.8 Å². The molecule has 158 valence electrons. The molecule has 0 saturated carbocycles. The largest absolute Gasteiger partial charge is 0.333 e. The molecule has 2 aliphatic rings. The molecule has 3 amide bonds. The Morgan fingerprint density at radius 2 is 2.07 bits per heavy atom. The second-order valence-corrected chi connectivity index (χ2v) is 8.90. The maximum absolute atomic E-state index is 13.0. The fourth-order valence-electron chi connectivity index (χ4n) is 4.00. The van der Waals surface area contributed by atoms with E-state index < -0.39 is 6.04 Å². The molecule has 3 heterocycles. The van der Waals surface area contributed by atoms with Gasteiger partial charge in [0.15, 0.2) is 0 Å². The number of rotatable bonds is 5. The molecule has 2 saturated heterocycles. The van der Waals surface area contributed by atoms with E-state index in [1.807, 2.05) is 31.2 Å². The van der Waals surface area contributed by atoms with Crippen LogP contribution < -0.4 is 5.32 Å². The van der Waals surface area contributed by atoms with Crippen molar-refractivity contribution in [2.75, 3.05) is 25.0 Å². The van der Waals surface area contributed by atoms with Crippen LogP contribution in [-0.2, 0) is 14.4 Å². The molecule has 8 nitrogen and oxygen atoms in total. The van der Waals surface area contributed by atoms with Gasteiger partial charge < -0.3 is 15.1 Å². The van der Waals surface area contributed by atoms with E-state index in [2.05, 4.69) is 15.5 Å². The number of aromatic nitrogens is 2. The van der Waals surface area contributed by atoms with Gasteiger partial charge in [-0.2, -0.15) is 0 Å². The summed E-state index contributed by atoms with van der Waals surface area (Å²) in [5.74, 6) is -0.324. The molecule has 0 unspecified atom stereocenters. The molecule has 2 fully saturated rings. The Balaban J connectivity index is 1.44. The van der Waals surface area contributed by atoms with Crippen LogP contribution in [0.5, 0.6) is 0 Å². The van der Waals surface area contributed by atoms with E-state index in [1.165, 1.54) is 11.3 Å². The van der Waals surface area contributed by atoms with E-state index in [4.69, 9.17) is 0 Å². The molecule has 0 bridgehead atoms. The lowest BCUT2D eigenvalue weighted by Crippen LogP contribution is -2.52. The number of benzene rings is 1. The molecule has 2 aliphatic heterocycles. The average molecular weight is 428 g/mol. The van der Waals surface area contributed by atoms with Crippen molar-refractivity contribution < 1.29 is 14.4 Å². The second-order valence-electron chi connectivity index (χ2n) is 7.71. The number of hydrogen-bond donors (Lipinski definition) is 1. The van der Waals surface area contributed by atoms with Crippen molar-refractivity contribution in [1.82, 2.24) is 20.0 Å². The third kappa shape index (κ3) is 4.51. The van der Waals surface area contributed by atoms with E-state index in [-0.39, 0.29) is 24.3 Å². The molecule has 1 atom stereocenters. The standard InChI is InChI=1S/C21H25N5O3S/c1-14-23-24-21(30-14)15-6-4-7-16(12-15)22-20(29)17-8-2-3-11-26(17)19(28)13-25-10-5-9-18(25)27/h4,6-7,12,17H,2-3,5,8-11,13H2,1H3,(H,22,29)/t17-/m0/s1. The van der Waals surface area contributed by atoms with Crippen molar-refractivity contribution in [2.45, 2.75) is 45.1 Å². The number of amides is 3. The molecule has 4 rings (SSSR count). The van der Waals surface area contributed by atoms with Crippen LogP contribution in [0, 0.1) is 6.92 Å². The highest BCUT2D eigenvalue weighted by atomic mass is 32.1. The molecule has 9 heteroatoms. The zero-order valence-corrected chi connectivity index (χ0v) is 17.8. The number of nitrogens with one attached hydrogen (secondary N) is 1. The molecule has 0 radical (unpaired) electrons. The van der Waals surface area contributed by atoms with Crippen LogP contribution in [0.3, 0.4) is 0 Å². The van der Waals surface area contributed by atoms with Crippen LogP contribution in [0.1, 0.15) is 37.1 Å². The summed E-state index contributed by atoms with van der Waals surface area (Å²) >= 11 is 1.50. The minimum atomic E-state index is -0.517. The van der Waals surface area contributed by atoms with Gasteiger partial charge >= 0.3 is 0 Å². The van der Waals surface area contributed by atoms with Crippen molar-refractivity contribution in [3.05, 3.63) is 29.3 Å². The molecule has 0 aliphatic carbocycles. The van der Waals surface area contributed by atoms with Gasteiger partial charge in [-0.15, -0.1) is 10.2 Å². The molecule has 0 spiro atoms. The predicted molar refractivity (Wildman–Crippen MR) is 114 cm³/mol. The summed E-state index contributed by atoms with van der Waals surface area (Å²) in [4.78, 5) is 41.0. The first-order valence-corrected chi connectivity index (χ1v) is 11.1. The number of anilines is 1. The van der Waals surface area contributed by atoms with Crippen molar-refractivity contribution in [3.63, 3.8) is 0 Å².